The average Bonchev–Trinajstić information content (AvgIpc) is 2.58. The molecule has 23 heavy (non-hydrogen) atoms. The maximum atomic E-state index is 10.9. The first kappa shape index (κ1) is 16.8. The highest BCUT2D eigenvalue weighted by Gasteiger charge is 2.07. The number of aromatic carboxylic acids is 1. The van der Waals surface area contributed by atoms with Crippen LogP contribution in [0.4, 0.5) is 0 Å². The maximum Gasteiger partial charge on any atom is 0.335 e. The van der Waals surface area contributed by atoms with Gasteiger partial charge in [0.05, 0.1) is 5.56 Å². The van der Waals surface area contributed by atoms with Crippen LogP contribution >= 0.6 is 0 Å². The zero-order valence-corrected chi connectivity index (χ0v) is 12.9. The molecule has 6 heteroatoms. The molecular formula is C17H18O6. The Morgan fingerprint density at radius 2 is 1.39 bits per heavy atom. The summed E-state index contributed by atoms with van der Waals surface area (Å²) in [4.78, 5) is 10.9. The van der Waals surface area contributed by atoms with Gasteiger partial charge in [0.15, 0.2) is 13.6 Å². The fourth-order valence-corrected chi connectivity index (χ4v) is 1.96. The van der Waals surface area contributed by atoms with E-state index in [9.17, 15) is 4.79 Å². The first-order chi connectivity index (χ1) is 11.1. The SMILES string of the molecule is COCOc1cc(OCOC)cc(-c2ccc(C(=O)O)cc2)c1. The maximum absolute atomic E-state index is 10.9. The van der Waals surface area contributed by atoms with Crippen molar-refractivity contribution in [3.8, 4) is 22.6 Å². The zero-order valence-electron chi connectivity index (χ0n) is 12.9. The molecule has 0 heterocycles. The quantitative estimate of drug-likeness (QED) is 0.754. The number of methoxy groups -OCH3 is 2. The first-order valence-corrected chi connectivity index (χ1v) is 6.86. The van der Waals surface area contributed by atoms with Crippen molar-refractivity contribution in [1.82, 2.24) is 0 Å². The van der Waals surface area contributed by atoms with Crippen molar-refractivity contribution >= 4 is 5.97 Å². The van der Waals surface area contributed by atoms with Crippen LogP contribution in [0.15, 0.2) is 42.5 Å². The van der Waals surface area contributed by atoms with Gasteiger partial charge in [-0.25, -0.2) is 4.79 Å². The molecule has 122 valence electrons. The molecule has 0 aliphatic rings. The average molecular weight is 318 g/mol. The molecule has 0 unspecified atom stereocenters. The van der Waals surface area contributed by atoms with Crippen molar-refractivity contribution in [2.45, 2.75) is 0 Å². The molecule has 0 atom stereocenters. The molecule has 6 nitrogen and oxygen atoms in total. The number of carbonyl (C=O) groups is 1. The van der Waals surface area contributed by atoms with E-state index in [0.29, 0.717) is 11.5 Å². The number of hydrogen-bond acceptors (Lipinski definition) is 5. The minimum atomic E-state index is -0.960. The zero-order chi connectivity index (χ0) is 16.7. The Morgan fingerprint density at radius 1 is 0.870 bits per heavy atom. The third kappa shape index (κ3) is 4.70. The highest BCUT2D eigenvalue weighted by atomic mass is 16.7. The minimum absolute atomic E-state index is 0.116. The molecule has 0 saturated carbocycles. The summed E-state index contributed by atoms with van der Waals surface area (Å²) >= 11 is 0. The van der Waals surface area contributed by atoms with Crippen molar-refractivity contribution in [1.29, 1.82) is 0 Å². The molecule has 0 bridgehead atoms. The van der Waals surface area contributed by atoms with Gasteiger partial charge in [0, 0.05) is 20.3 Å². The van der Waals surface area contributed by atoms with Gasteiger partial charge in [-0.1, -0.05) is 12.1 Å². The van der Waals surface area contributed by atoms with Crippen LogP contribution in [0.3, 0.4) is 0 Å². The number of rotatable bonds is 8. The molecule has 0 fully saturated rings. The predicted octanol–water partition coefficient (Wildman–Crippen LogP) is 3.02. The van der Waals surface area contributed by atoms with E-state index in [1.807, 2.05) is 12.1 Å². The summed E-state index contributed by atoms with van der Waals surface area (Å²) in [6.45, 7) is 0.232. The molecule has 0 aliphatic carbocycles. The van der Waals surface area contributed by atoms with E-state index in [-0.39, 0.29) is 19.1 Å². The van der Waals surface area contributed by atoms with Crippen LogP contribution in [0.5, 0.6) is 11.5 Å². The number of benzene rings is 2. The smallest absolute Gasteiger partial charge is 0.335 e. The first-order valence-electron chi connectivity index (χ1n) is 6.86. The molecule has 1 N–H and O–H groups in total. The topological polar surface area (TPSA) is 74.2 Å². The molecule has 0 amide bonds. The van der Waals surface area contributed by atoms with Crippen LogP contribution in [0.25, 0.3) is 11.1 Å². The van der Waals surface area contributed by atoms with Gasteiger partial charge < -0.3 is 24.1 Å². The number of hydrogen-bond donors (Lipinski definition) is 1. The second kappa shape index (κ2) is 8.17. The van der Waals surface area contributed by atoms with Crippen molar-refractivity contribution in [2.24, 2.45) is 0 Å². The summed E-state index contributed by atoms with van der Waals surface area (Å²) in [5.41, 5.74) is 1.91. The van der Waals surface area contributed by atoms with Gasteiger partial charge in [-0.3, -0.25) is 0 Å². The van der Waals surface area contributed by atoms with Gasteiger partial charge in [-0.2, -0.15) is 0 Å². The van der Waals surface area contributed by atoms with Gasteiger partial charge in [0.2, 0.25) is 0 Å². The minimum Gasteiger partial charge on any atom is -0.478 e. The van der Waals surface area contributed by atoms with Crippen molar-refractivity contribution in [3.05, 3.63) is 48.0 Å². The molecule has 0 spiro atoms. The molecular weight excluding hydrogens is 300 g/mol. The van der Waals surface area contributed by atoms with Gasteiger partial charge in [0.25, 0.3) is 0 Å². The lowest BCUT2D eigenvalue weighted by Gasteiger charge is -2.12. The highest BCUT2D eigenvalue weighted by molar-refractivity contribution is 5.88. The molecule has 2 rings (SSSR count). The normalized spacial score (nSPS) is 10.3. The van der Waals surface area contributed by atoms with E-state index >= 15 is 0 Å². The van der Waals surface area contributed by atoms with Crippen LogP contribution in [-0.2, 0) is 9.47 Å². The van der Waals surface area contributed by atoms with Crippen molar-refractivity contribution in [3.63, 3.8) is 0 Å². The third-order valence-electron chi connectivity index (χ3n) is 3.03. The molecule has 2 aromatic carbocycles. The summed E-state index contributed by atoms with van der Waals surface area (Å²) in [6, 6.07) is 12.0. The summed E-state index contributed by atoms with van der Waals surface area (Å²) < 4.78 is 20.7. The molecule has 0 aliphatic heterocycles. The standard InChI is InChI=1S/C17H18O6/c1-20-10-22-15-7-14(8-16(9-15)23-11-21-2)12-3-5-13(6-4-12)17(18)19/h3-9H,10-11H2,1-2H3,(H,18,19). The molecule has 0 saturated heterocycles. The summed E-state index contributed by atoms with van der Waals surface area (Å²) in [5.74, 6) is 0.202. The number of carboxylic acid groups (broad SMARTS) is 1. The van der Waals surface area contributed by atoms with Crippen molar-refractivity contribution < 1.29 is 28.8 Å². The summed E-state index contributed by atoms with van der Waals surface area (Å²) in [5, 5.41) is 8.96. The Labute approximate surface area is 134 Å². The largest absolute Gasteiger partial charge is 0.478 e. The van der Waals surface area contributed by atoms with Crippen molar-refractivity contribution in [2.75, 3.05) is 27.8 Å². The Kier molecular flexibility index (Phi) is 5.96. The van der Waals surface area contributed by atoms with E-state index in [1.54, 1.807) is 30.3 Å². The molecule has 0 aromatic heterocycles. The van der Waals surface area contributed by atoms with Gasteiger partial charge >= 0.3 is 5.97 Å². The van der Waals surface area contributed by atoms with E-state index in [2.05, 4.69) is 0 Å². The Hall–Kier alpha value is -2.57. The Bertz CT molecular complexity index is 624. The predicted molar refractivity (Wildman–Crippen MR) is 83.8 cm³/mol. The van der Waals surface area contributed by atoms with Crippen LogP contribution < -0.4 is 9.47 Å². The van der Waals surface area contributed by atoms with Crippen LogP contribution in [0.1, 0.15) is 10.4 Å². The van der Waals surface area contributed by atoms with E-state index < -0.39 is 5.97 Å². The monoisotopic (exact) mass is 318 g/mol. The summed E-state index contributed by atoms with van der Waals surface area (Å²) in [6.07, 6.45) is 0. The fraction of sp³-hybridized carbons (Fsp3) is 0.235. The van der Waals surface area contributed by atoms with Gasteiger partial charge in [-0.15, -0.1) is 0 Å². The van der Waals surface area contributed by atoms with E-state index in [0.717, 1.165) is 11.1 Å². The van der Waals surface area contributed by atoms with E-state index in [4.69, 9.17) is 24.1 Å². The Morgan fingerprint density at radius 3 is 1.83 bits per heavy atom. The Balaban J connectivity index is 2.32. The van der Waals surface area contributed by atoms with Crippen LogP contribution in [-0.4, -0.2) is 38.9 Å². The molecule has 0 radical (unpaired) electrons. The second-order valence-corrected chi connectivity index (χ2v) is 4.68. The second-order valence-electron chi connectivity index (χ2n) is 4.68. The van der Waals surface area contributed by atoms with E-state index in [1.165, 1.54) is 14.2 Å². The molecule has 2 aromatic rings. The van der Waals surface area contributed by atoms with Crippen LogP contribution in [0.2, 0.25) is 0 Å². The van der Waals surface area contributed by atoms with Crippen LogP contribution in [0, 0.1) is 0 Å². The lowest BCUT2D eigenvalue weighted by Crippen LogP contribution is -2.02. The third-order valence-corrected chi connectivity index (χ3v) is 3.03. The van der Waals surface area contributed by atoms with Gasteiger partial charge in [0.1, 0.15) is 11.5 Å². The lowest BCUT2D eigenvalue weighted by molar-refractivity contribution is 0.0461. The summed E-state index contributed by atoms with van der Waals surface area (Å²) in [7, 11) is 3.08. The lowest BCUT2D eigenvalue weighted by atomic mass is 10.0. The number of carboxylic acids is 1. The number of ether oxygens (including phenoxy) is 4. The van der Waals surface area contributed by atoms with Gasteiger partial charge in [-0.05, 0) is 35.4 Å². The highest BCUT2D eigenvalue weighted by Crippen LogP contribution is 2.30. The fourth-order valence-electron chi connectivity index (χ4n) is 1.96.